The van der Waals surface area contributed by atoms with Crippen LogP contribution in [0.4, 0.5) is 13.2 Å². The van der Waals surface area contributed by atoms with Crippen molar-refractivity contribution >= 4 is 11.9 Å². The first-order valence-electron chi connectivity index (χ1n) is 7.50. The van der Waals surface area contributed by atoms with Crippen molar-refractivity contribution < 1.29 is 27.5 Å². The molecule has 8 heteroatoms. The minimum Gasteiger partial charge on any atom is -0.466 e. The molecule has 0 aliphatic carbocycles. The summed E-state index contributed by atoms with van der Waals surface area (Å²) in [4.78, 5) is 25.4. The standard InChI is InChI=1S/C14H25F3N2O3/c1-4-18(5-2)9-7-10-19(13(21)14(15,16)17)11-8-12(20)22-6-3/h4-11H2,1-3H3. The number of nitrogens with zero attached hydrogens (tertiary/aromatic N) is 2. The molecule has 0 aliphatic heterocycles. The van der Waals surface area contributed by atoms with E-state index in [1.165, 1.54) is 0 Å². The van der Waals surface area contributed by atoms with E-state index in [0.717, 1.165) is 13.1 Å². The first-order chi connectivity index (χ1) is 10.3. The van der Waals surface area contributed by atoms with E-state index in [1.54, 1.807) is 6.92 Å². The molecule has 0 bridgehead atoms. The molecule has 130 valence electrons. The SMILES string of the molecule is CCOC(=O)CCN(CCCN(CC)CC)C(=O)C(F)(F)F. The van der Waals surface area contributed by atoms with Crippen LogP contribution in [0.15, 0.2) is 0 Å². The molecule has 0 saturated carbocycles. The lowest BCUT2D eigenvalue weighted by atomic mass is 10.3. The van der Waals surface area contributed by atoms with E-state index in [1.807, 2.05) is 13.8 Å². The Kier molecular flexibility index (Phi) is 9.80. The van der Waals surface area contributed by atoms with Gasteiger partial charge in [-0.2, -0.15) is 13.2 Å². The van der Waals surface area contributed by atoms with Gasteiger partial charge in [-0.3, -0.25) is 9.59 Å². The maximum absolute atomic E-state index is 12.6. The Bertz CT molecular complexity index is 345. The van der Waals surface area contributed by atoms with Crippen LogP contribution in [0.5, 0.6) is 0 Å². The van der Waals surface area contributed by atoms with Crippen LogP contribution in [0.25, 0.3) is 0 Å². The largest absolute Gasteiger partial charge is 0.471 e. The molecule has 0 aliphatic rings. The molecule has 0 N–H and O–H groups in total. The number of ether oxygens (including phenoxy) is 1. The van der Waals surface area contributed by atoms with Crippen molar-refractivity contribution in [2.45, 2.75) is 39.8 Å². The summed E-state index contributed by atoms with van der Waals surface area (Å²) in [7, 11) is 0. The zero-order valence-electron chi connectivity index (χ0n) is 13.4. The van der Waals surface area contributed by atoms with Gasteiger partial charge in [0, 0.05) is 13.1 Å². The van der Waals surface area contributed by atoms with Crippen molar-refractivity contribution in [3.8, 4) is 0 Å². The third-order valence-corrected chi connectivity index (χ3v) is 3.22. The summed E-state index contributed by atoms with van der Waals surface area (Å²) in [6.07, 6.45) is -4.74. The Balaban J connectivity index is 4.53. The highest BCUT2D eigenvalue weighted by molar-refractivity contribution is 5.82. The summed E-state index contributed by atoms with van der Waals surface area (Å²) in [5, 5.41) is 0. The number of alkyl halides is 3. The molecule has 22 heavy (non-hydrogen) atoms. The second-order valence-electron chi connectivity index (χ2n) is 4.73. The highest BCUT2D eigenvalue weighted by Gasteiger charge is 2.42. The summed E-state index contributed by atoms with van der Waals surface area (Å²) in [6.45, 7) is 7.58. The molecular weight excluding hydrogens is 301 g/mol. The van der Waals surface area contributed by atoms with E-state index >= 15 is 0 Å². The van der Waals surface area contributed by atoms with E-state index in [9.17, 15) is 22.8 Å². The molecule has 5 nitrogen and oxygen atoms in total. The Morgan fingerprint density at radius 1 is 1.00 bits per heavy atom. The van der Waals surface area contributed by atoms with Gasteiger partial charge in [-0.1, -0.05) is 13.8 Å². The Hall–Kier alpha value is -1.31. The van der Waals surface area contributed by atoms with Crippen LogP contribution < -0.4 is 0 Å². The highest BCUT2D eigenvalue weighted by Crippen LogP contribution is 2.19. The molecule has 0 saturated heterocycles. The van der Waals surface area contributed by atoms with Crippen LogP contribution in [0.3, 0.4) is 0 Å². The first-order valence-corrected chi connectivity index (χ1v) is 7.50. The number of hydrogen-bond donors (Lipinski definition) is 0. The lowest BCUT2D eigenvalue weighted by molar-refractivity contribution is -0.185. The second-order valence-corrected chi connectivity index (χ2v) is 4.73. The second kappa shape index (κ2) is 10.4. The van der Waals surface area contributed by atoms with Crippen LogP contribution in [-0.4, -0.2) is 67.2 Å². The number of hydrogen-bond acceptors (Lipinski definition) is 4. The van der Waals surface area contributed by atoms with Crippen molar-refractivity contribution in [1.29, 1.82) is 0 Å². The van der Waals surface area contributed by atoms with Crippen molar-refractivity contribution in [3.05, 3.63) is 0 Å². The Labute approximate surface area is 129 Å². The fraction of sp³-hybridized carbons (Fsp3) is 0.857. The van der Waals surface area contributed by atoms with Gasteiger partial charge in [-0.15, -0.1) is 0 Å². The first kappa shape index (κ1) is 20.7. The van der Waals surface area contributed by atoms with Crippen LogP contribution in [0.1, 0.15) is 33.6 Å². The van der Waals surface area contributed by atoms with Gasteiger partial charge < -0.3 is 14.5 Å². The topological polar surface area (TPSA) is 49.9 Å². The molecule has 0 radical (unpaired) electrons. The molecule has 0 heterocycles. The van der Waals surface area contributed by atoms with Gasteiger partial charge in [0.25, 0.3) is 0 Å². The van der Waals surface area contributed by atoms with Gasteiger partial charge >= 0.3 is 18.1 Å². The fourth-order valence-corrected chi connectivity index (χ4v) is 1.98. The number of esters is 1. The lowest BCUT2D eigenvalue weighted by Crippen LogP contribution is -2.43. The van der Waals surface area contributed by atoms with Gasteiger partial charge in [0.2, 0.25) is 0 Å². The monoisotopic (exact) mass is 326 g/mol. The molecule has 0 atom stereocenters. The van der Waals surface area contributed by atoms with Crippen LogP contribution >= 0.6 is 0 Å². The van der Waals surface area contributed by atoms with Gasteiger partial charge in [0.1, 0.15) is 0 Å². The molecule has 0 unspecified atom stereocenters. The molecule has 0 rings (SSSR count). The zero-order chi connectivity index (χ0) is 17.2. The van der Waals surface area contributed by atoms with E-state index in [-0.39, 0.29) is 26.1 Å². The van der Waals surface area contributed by atoms with Crippen LogP contribution in [0.2, 0.25) is 0 Å². The minimum atomic E-state index is -4.93. The van der Waals surface area contributed by atoms with Crippen LogP contribution in [0, 0.1) is 0 Å². The zero-order valence-corrected chi connectivity index (χ0v) is 13.4. The van der Waals surface area contributed by atoms with Gasteiger partial charge in [-0.25, -0.2) is 0 Å². The maximum Gasteiger partial charge on any atom is 0.471 e. The normalized spacial score (nSPS) is 11.6. The summed E-state index contributed by atoms with van der Waals surface area (Å²) < 4.78 is 42.4. The van der Waals surface area contributed by atoms with Crippen molar-refractivity contribution in [2.24, 2.45) is 0 Å². The predicted octanol–water partition coefficient (Wildman–Crippen LogP) is 2.06. The Morgan fingerprint density at radius 2 is 1.59 bits per heavy atom. The van der Waals surface area contributed by atoms with Crippen LogP contribution in [-0.2, 0) is 14.3 Å². The van der Waals surface area contributed by atoms with Gasteiger partial charge in [0.05, 0.1) is 13.0 Å². The number of carbonyl (C=O) groups is 2. The smallest absolute Gasteiger partial charge is 0.466 e. The van der Waals surface area contributed by atoms with Gasteiger partial charge in [-0.05, 0) is 33.0 Å². The molecule has 0 fully saturated rings. The molecule has 0 aromatic carbocycles. The van der Waals surface area contributed by atoms with E-state index in [4.69, 9.17) is 0 Å². The third kappa shape index (κ3) is 8.21. The Morgan fingerprint density at radius 3 is 2.05 bits per heavy atom. The highest BCUT2D eigenvalue weighted by atomic mass is 19.4. The number of carbonyl (C=O) groups excluding carboxylic acids is 2. The maximum atomic E-state index is 12.6. The summed E-state index contributed by atoms with van der Waals surface area (Å²) in [5.74, 6) is -2.51. The third-order valence-electron chi connectivity index (χ3n) is 3.22. The predicted molar refractivity (Wildman–Crippen MR) is 76.3 cm³/mol. The molecular formula is C14H25F3N2O3. The quantitative estimate of drug-likeness (QED) is 0.577. The van der Waals surface area contributed by atoms with Crippen molar-refractivity contribution in [3.63, 3.8) is 0 Å². The van der Waals surface area contributed by atoms with Crippen molar-refractivity contribution in [2.75, 3.05) is 39.3 Å². The van der Waals surface area contributed by atoms with E-state index in [2.05, 4.69) is 9.64 Å². The molecule has 0 aromatic rings. The summed E-state index contributed by atoms with van der Waals surface area (Å²) in [6, 6.07) is 0. The number of amides is 1. The summed E-state index contributed by atoms with van der Waals surface area (Å²) in [5.41, 5.74) is 0. The van der Waals surface area contributed by atoms with Crippen molar-refractivity contribution in [1.82, 2.24) is 9.80 Å². The fourth-order valence-electron chi connectivity index (χ4n) is 1.98. The van der Waals surface area contributed by atoms with E-state index < -0.39 is 18.1 Å². The molecule has 0 aromatic heterocycles. The minimum absolute atomic E-state index is 0.0335. The average Bonchev–Trinajstić information content (AvgIpc) is 2.45. The molecule has 0 spiro atoms. The molecule has 1 amide bonds. The summed E-state index contributed by atoms with van der Waals surface area (Å²) >= 11 is 0. The average molecular weight is 326 g/mol. The van der Waals surface area contributed by atoms with Gasteiger partial charge in [0.15, 0.2) is 0 Å². The lowest BCUT2D eigenvalue weighted by Gasteiger charge is -2.25. The number of rotatable bonds is 10. The van der Waals surface area contributed by atoms with E-state index in [0.29, 0.717) is 17.9 Å². The number of halogens is 3.